The Labute approximate surface area is 169 Å². The lowest BCUT2D eigenvalue weighted by Crippen LogP contribution is -2.37. The Hall–Kier alpha value is -2.20. The van der Waals surface area contributed by atoms with Gasteiger partial charge in [0.25, 0.3) is 5.56 Å². The second kappa shape index (κ2) is 7.67. The molecule has 1 aliphatic heterocycles. The standard InChI is InChI=1S/C18H20N4O4S2/c1-3-26-16(25)11-4-5-12-13(11)20-17(28-12)21-14(23)10-7-22-15(24)9(2)6-19-18(22)27-8-10/h6,10-11H,3-5,7-8H2,1-2H3,(H,20,21,23). The maximum atomic E-state index is 12.7. The molecule has 28 heavy (non-hydrogen) atoms. The molecular formula is C18H20N4O4S2. The molecule has 0 bridgehead atoms. The van der Waals surface area contributed by atoms with E-state index in [2.05, 4.69) is 15.3 Å². The van der Waals surface area contributed by atoms with E-state index in [9.17, 15) is 14.4 Å². The molecule has 10 heteroatoms. The smallest absolute Gasteiger partial charge is 0.315 e. The Morgan fingerprint density at radius 1 is 1.43 bits per heavy atom. The van der Waals surface area contributed by atoms with Crippen LogP contribution < -0.4 is 10.9 Å². The van der Waals surface area contributed by atoms with E-state index in [0.29, 0.717) is 41.2 Å². The quantitative estimate of drug-likeness (QED) is 0.596. The Bertz CT molecular complexity index is 1000. The van der Waals surface area contributed by atoms with Crippen molar-refractivity contribution in [2.45, 2.75) is 44.3 Å². The average Bonchev–Trinajstić information content (AvgIpc) is 3.24. The first kappa shape index (κ1) is 19.1. The van der Waals surface area contributed by atoms with Gasteiger partial charge in [0.15, 0.2) is 10.3 Å². The van der Waals surface area contributed by atoms with E-state index < -0.39 is 0 Å². The monoisotopic (exact) mass is 420 g/mol. The lowest BCUT2D eigenvalue weighted by atomic mass is 10.1. The Balaban J connectivity index is 1.47. The zero-order valence-corrected chi connectivity index (χ0v) is 17.2. The van der Waals surface area contributed by atoms with Crippen LogP contribution in [0.2, 0.25) is 0 Å². The number of aryl methyl sites for hydroxylation is 2. The summed E-state index contributed by atoms with van der Waals surface area (Å²) in [7, 11) is 0. The van der Waals surface area contributed by atoms with Crippen molar-refractivity contribution in [3.63, 3.8) is 0 Å². The van der Waals surface area contributed by atoms with Gasteiger partial charge in [0.05, 0.1) is 18.2 Å². The van der Waals surface area contributed by atoms with E-state index >= 15 is 0 Å². The first-order chi connectivity index (χ1) is 13.5. The van der Waals surface area contributed by atoms with Crippen LogP contribution in [0, 0.1) is 12.8 Å². The topological polar surface area (TPSA) is 103 Å². The molecule has 0 saturated carbocycles. The molecule has 0 radical (unpaired) electrons. The van der Waals surface area contributed by atoms with Crippen molar-refractivity contribution < 1.29 is 14.3 Å². The Morgan fingerprint density at radius 3 is 3.04 bits per heavy atom. The minimum atomic E-state index is -0.349. The van der Waals surface area contributed by atoms with Crippen molar-refractivity contribution in [2.24, 2.45) is 5.92 Å². The van der Waals surface area contributed by atoms with Crippen LogP contribution in [0.5, 0.6) is 0 Å². The number of amides is 1. The van der Waals surface area contributed by atoms with Crippen LogP contribution in [-0.4, -0.2) is 38.8 Å². The number of thiazole rings is 1. The van der Waals surface area contributed by atoms with E-state index in [1.807, 2.05) is 0 Å². The lowest BCUT2D eigenvalue weighted by molar-refractivity contribution is -0.145. The van der Waals surface area contributed by atoms with Crippen LogP contribution in [0.25, 0.3) is 0 Å². The van der Waals surface area contributed by atoms with Crippen molar-refractivity contribution in [1.29, 1.82) is 0 Å². The van der Waals surface area contributed by atoms with E-state index in [1.165, 1.54) is 23.1 Å². The molecule has 1 aliphatic carbocycles. The highest BCUT2D eigenvalue weighted by Crippen LogP contribution is 2.39. The second-order valence-corrected chi connectivity index (χ2v) is 8.88. The normalized spacial score (nSPS) is 20.4. The third-order valence-corrected chi connectivity index (χ3v) is 7.09. The van der Waals surface area contributed by atoms with Crippen molar-refractivity contribution >= 4 is 40.1 Å². The number of aromatic nitrogens is 3. The number of ether oxygens (including phenoxy) is 1. The van der Waals surface area contributed by atoms with Gasteiger partial charge in [-0.2, -0.15) is 0 Å². The van der Waals surface area contributed by atoms with Crippen molar-refractivity contribution in [3.05, 3.63) is 32.7 Å². The minimum Gasteiger partial charge on any atom is -0.465 e. The third kappa shape index (κ3) is 3.46. The molecule has 3 heterocycles. The zero-order chi connectivity index (χ0) is 19.8. The predicted octanol–water partition coefficient (Wildman–Crippen LogP) is 1.96. The molecule has 0 fully saturated rings. The van der Waals surface area contributed by atoms with Gasteiger partial charge < -0.3 is 10.1 Å². The van der Waals surface area contributed by atoms with Crippen molar-refractivity contribution in [2.75, 3.05) is 17.7 Å². The molecule has 148 valence electrons. The van der Waals surface area contributed by atoms with E-state index in [-0.39, 0.29) is 29.3 Å². The fourth-order valence-corrected chi connectivity index (χ4v) is 5.51. The van der Waals surface area contributed by atoms with Gasteiger partial charge in [-0.1, -0.05) is 11.8 Å². The molecule has 2 unspecified atom stereocenters. The number of anilines is 1. The summed E-state index contributed by atoms with van der Waals surface area (Å²) in [6.45, 7) is 4.14. The van der Waals surface area contributed by atoms with E-state index in [1.54, 1.807) is 24.6 Å². The molecule has 2 aromatic rings. The van der Waals surface area contributed by atoms with Gasteiger partial charge >= 0.3 is 5.97 Å². The molecule has 4 rings (SSSR count). The number of thioether (sulfide) groups is 1. The predicted molar refractivity (Wildman–Crippen MR) is 106 cm³/mol. The van der Waals surface area contributed by atoms with Crippen molar-refractivity contribution in [1.82, 2.24) is 14.5 Å². The van der Waals surface area contributed by atoms with Crippen LogP contribution in [0.4, 0.5) is 5.13 Å². The molecule has 0 aromatic carbocycles. The number of hydrogen-bond donors (Lipinski definition) is 1. The molecule has 0 saturated heterocycles. The van der Waals surface area contributed by atoms with Crippen LogP contribution >= 0.6 is 23.1 Å². The van der Waals surface area contributed by atoms with Gasteiger partial charge in [-0.3, -0.25) is 19.0 Å². The lowest BCUT2D eigenvalue weighted by Gasteiger charge is -2.23. The van der Waals surface area contributed by atoms with E-state index in [4.69, 9.17) is 4.74 Å². The molecule has 2 atom stereocenters. The average molecular weight is 421 g/mol. The number of rotatable bonds is 4. The summed E-state index contributed by atoms with van der Waals surface area (Å²) in [5.74, 6) is -0.573. The first-order valence-electron chi connectivity index (χ1n) is 9.14. The highest BCUT2D eigenvalue weighted by atomic mass is 32.2. The fraction of sp³-hybridized carbons (Fsp3) is 0.500. The third-order valence-electron chi connectivity index (χ3n) is 4.89. The maximum absolute atomic E-state index is 12.7. The Morgan fingerprint density at radius 2 is 2.25 bits per heavy atom. The van der Waals surface area contributed by atoms with Gasteiger partial charge in [0.2, 0.25) is 5.91 Å². The van der Waals surface area contributed by atoms with Crippen LogP contribution in [0.15, 0.2) is 16.1 Å². The number of carbonyl (C=O) groups is 2. The molecule has 2 aromatic heterocycles. The van der Waals surface area contributed by atoms with Gasteiger partial charge in [-0.15, -0.1) is 11.3 Å². The van der Waals surface area contributed by atoms with Gasteiger partial charge in [-0.05, 0) is 26.7 Å². The summed E-state index contributed by atoms with van der Waals surface area (Å²) in [6.07, 6.45) is 3.03. The summed E-state index contributed by atoms with van der Waals surface area (Å²) in [5.41, 5.74) is 1.17. The van der Waals surface area contributed by atoms with Crippen molar-refractivity contribution in [3.8, 4) is 0 Å². The maximum Gasteiger partial charge on any atom is 0.315 e. The highest BCUT2D eigenvalue weighted by Gasteiger charge is 2.34. The summed E-state index contributed by atoms with van der Waals surface area (Å²) in [6, 6.07) is 0. The molecule has 1 amide bonds. The van der Waals surface area contributed by atoms with Gasteiger partial charge in [0.1, 0.15) is 5.92 Å². The van der Waals surface area contributed by atoms with Crippen LogP contribution in [0.3, 0.4) is 0 Å². The molecule has 1 N–H and O–H groups in total. The minimum absolute atomic E-state index is 0.111. The molecule has 0 spiro atoms. The highest BCUT2D eigenvalue weighted by molar-refractivity contribution is 7.99. The fourth-order valence-electron chi connectivity index (χ4n) is 3.42. The van der Waals surface area contributed by atoms with Gasteiger partial charge in [0, 0.05) is 28.9 Å². The number of fused-ring (bicyclic) bond motifs is 2. The van der Waals surface area contributed by atoms with Gasteiger partial charge in [-0.25, -0.2) is 9.97 Å². The number of hydrogen-bond acceptors (Lipinski definition) is 8. The summed E-state index contributed by atoms with van der Waals surface area (Å²) in [5, 5.41) is 4.00. The van der Waals surface area contributed by atoms with E-state index in [0.717, 1.165) is 17.0 Å². The molecule has 2 aliphatic rings. The van der Waals surface area contributed by atoms with Crippen LogP contribution in [-0.2, 0) is 27.3 Å². The number of carbonyl (C=O) groups excluding carboxylic acids is 2. The largest absolute Gasteiger partial charge is 0.465 e. The van der Waals surface area contributed by atoms with Crippen LogP contribution in [0.1, 0.15) is 35.4 Å². The first-order valence-corrected chi connectivity index (χ1v) is 10.9. The number of esters is 1. The SMILES string of the molecule is CCOC(=O)C1CCc2sc(NC(=O)C3CSc4ncc(C)c(=O)n4C3)nc21. The second-order valence-electron chi connectivity index (χ2n) is 6.81. The molecule has 8 nitrogen and oxygen atoms in total. The molecular weight excluding hydrogens is 400 g/mol. The Kier molecular flexibility index (Phi) is 5.24. The zero-order valence-electron chi connectivity index (χ0n) is 15.6. The number of nitrogens with one attached hydrogen (secondary N) is 1. The summed E-state index contributed by atoms with van der Waals surface area (Å²) < 4.78 is 6.68. The summed E-state index contributed by atoms with van der Waals surface area (Å²) >= 11 is 2.81. The summed E-state index contributed by atoms with van der Waals surface area (Å²) in [4.78, 5) is 46.9. The number of nitrogens with zero attached hydrogens (tertiary/aromatic N) is 3.